The zero-order valence-corrected chi connectivity index (χ0v) is 29.4. The Morgan fingerprint density at radius 2 is 0.870 bits per heavy atom. The standard InChI is InChI=1S/C52H33NO/c1-2-12-34(13-3-1)35-22-25-40(26-23-35)53(41-27-24-36-32-52-50(31-39(36)29-41)47-20-10-11-21-51(47)54-52)42-28-37-14-4-7-17-44(37)49(33-42)48-30-38-15-5-6-16-43(38)45-18-8-9-19-46(45)48/h1-33H. The van der Waals surface area contributed by atoms with Gasteiger partial charge in [-0.2, -0.15) is 0 Å². The first kappa shape index (κ1) is 30.5. The fourth-order valence-corrected chi connectivity index (χ4v) is 8.40. The molecule has 1 aromatic heterocycles. The molecule has 0 unspecified atom stereocenters. The predicted molar refractivity (Wildman–Crippen MR) is 229 cm³/mol. The molecule has 0 saturated heterocycles. The van der Waals surface area contributed by atoms with Gasteiger partial charge in [0, 0.05) is 27.8 Å². The molecule has 0 fully saturated rings. The summed E-state index contributed by atoms with van der Waals surface area (Å²) in [5, 5.41) is 12.0. The number of hydrogen-bond acceptors (Lipinski definition) is 2. The van der Waals surface area contributed by atoms with Crippen LogP contribution in [0.2, 0.25) is 0 Å². The van der Waals surface area contributed by atoms with E-state index in [-0.39, 0.29) is 0 Å². The van der Waals surface area contributed by atoms with Crippen LogP contribution in [0, 0.1) is 0 Å². The van der Waals surface area contributed by atoms with Gasteiger partial charge in [-0.05, 0) is 126 Å². The normalized spacial score (nSPS) is 11.7. The molecule has 0 amide bonds. The number of anilines is 3. The zero-order chi connectivity index (χ0) is 35.6. The topological polar surface area (TPSA) is 16.4 Å². The van der Waals surface area contributed by atoms with E-state index in [1.807, 2.05) is 12.1 Å². The number of fused-ring (bicyclic) bond motifs is 8. The molecule has 252 valence electrons. The molecule has 10 aromatic carbocycles. The highest BCUT2D eigenvalue weighted by molar-refractivity contribution is 6.17. The van der Waals surface area contributed by atoms with E-state index in [2.05, 4.69) is 193 Å². The highest BCUT2D eigenvalue weighted by atomic mass is 16.3. The van der Waals surface area contributed by atoms with Gasteiger partial charge >= 0.3 is 0 Å². The van der Waals surface area contributed by atoms with Crippen LogP contribution in [0.5, 0.6) is 0 Å². The number of benzene rings is 10. The summed E-state index contributed by atoms with van der Waals surface area (Å²) in [6.07, 6.45) is 0. The molecule has 0 atom stereocenters. The highest BCUT2D eigenvalue weighted by Crippen LogP contribution is 2.44. The minimum absolute atomic E-state index is 0.909. The maximum atomic E-state index is 6.27. The molecule has 0 spiro atoms. The van der Waals surface area contributed by atoms with Gasteiger partial charge < -0.3 is 9.32 Å². The average molecular weight is 688 g/mol. The van der Waals surface area contributed by atoms with Gasteiger partial charge in [-0.3, -0.25) is 0 Å². The average Bonchev–Trinajstić information content (AvgIpc) is 3.60. The van der Waals surface area contributed by atoms with Crippen molar-refractivity contribution in [2.45, 2.75) is 0 Å². The smallest absolute Gasteiger partial charge is 0.136 e. The number of furan rings is 1. The molecule has 2 nitrogen and oxygen atoms in total. The van der Waals surface area contributed by atoms with Crippen molar-refractivity contribution < 1.29 is 4.42 Å². The lowest BCUT2D eigenvalue weighted by Gasteiger charge is -2.27. The Morgan fingerprint density at radius 1 is 0.278 bits per heavy atom. The van der Waals surface area contributed by atoms with Crippen molar-refractivity contribution in [2.24, 2.45) is 0 Å². The number of hydrogen-bond donors (Lipinski definition) is 0. The van der Waals surface area contributed by atoms with Crippen LogP contribution >= 0.6 is 0 Å². The first-order chi connectivity index (χ1) is 26.7. The van der Waals surface area contributed by atoms with Gasteiger partial charge in [0.05, 0.1) is 0 Å². The monoisotopic (exact) mass is 687 g/mol. The fraction of sp³-hybridized carbons (Fsp3) is 0. The van der Waals surface area contributed by atoms with Gasteiger partial charge in [-0.25, -0.2) is 0 Å². The summed E-state index contributed by atoms with van der Waals surface area (Å²) in [4.78, 5) is 2.41. The van der Waals surface area contributed by atoms with E-state index in [4.69, 9.17) is 4.42 Å². The molecule has 0 bridgehead atoms. The number of para-hydroxylation sites is 1. The lowest BCUT2D eigenvalue weighted by molar-refractivity contribution is 0.669. The van der Waals surface area contributed by atoms with Crippen LogP contribution in [0.25, 0.3) is 87.3 Å². The molecular formula is C52H33NO. The van der Waals surface area contributed by atoms with Crippen LogP contribution in [0.1, 0.15) is 0 Å². The van der Waals surface area contributed by atoms with Crippen molar-refractivity contribution in [3.63, 3.8) is 0 Å². The minimum Gasteiger partial charge on any atom is -0.456 e. The molecule has 1 heterocycles. The molecule has 0 radical (unpaired) electrons. The predicted octanol–water partition coefficient (Wildman–Crippen LogP) is 15.0. The van der Waals surface area contributed by atoms with Gasteiger partial charge in [0.15, 0.2) is 0 Å². The van der Waals surface area contributed by atoms with E-state index in [1.165, 1.54) is 60.0 Å². The Labute approximate surface area is 312 Å². The molecule has 2 heteroatoms. The van der Waals surface area contributed by atoms with Crippen molar-refractivity contribution in [2.75, 3.05) is 4.90 Å². The first-order valence-corrected chi connectivity index (χ1v) is 18.5. The summed E-state index contributed by atoms with van der Waals surface area (Å²) < 4.78 is 6.27. The van der Waals surface area contributed by atoms with E-state index < -0.39 is 0 Å². The Balaban J connectivity index is 1.16. The van der Waals surface area contributed by atoms with Crippen molar-refractivity contribution in [3.8, 4) is 22.3 Å². The third kappa shape index (κ3) is 4.96. The lowest BCUT2D eigenvalue weighted by Crippen LogP contribution is -2.10. The van der Waals surface area contributed by atoms with Crippen LogP contribution in [0.15, 0.2) is 205 Å². The van der Waals surface area contributed by atoms with Crippen molar-refractivity contribution in [1.82, 2.24) is 0 Å². The fourth-order valence-electron chi connectivity index (χ4n) is 8.40. The Bertz CT molecular complexity index is 3210. The maximum Gasteiger partial charge on any atom is 0.136 e. The number of nitrogens with zero attached hydrogens (tertiary/aromatic N) is 1. The summed E-state index contributed by atoms with van der Waals surface area (Å²) in [7, 11) is 0. The van der Waals surface area contributed by atoms with E-state index in [0.717, 1.165) is 44.4 Å². The van der Waals surface area contributed by atoms with Gasteiger partial charge in [0.2, 0.25) is 0 Å². The Morgan fingerprint density at radius 3 is 1.69 bits per heavy atom. The highest BCUT2D eigenvalue weighted by Gasteiger charge is 2.19. The van der Waals surface area contributed by atoms with Crippen LogP contribution in [-0.2, 0) is 0 Å². The van der Waals surface area contributed by atoms with Gasteiger partial charge in [-0.15, -0.1) is 0 Å². The summed E-state index contributed by atoms with van der Waals surface area (Å²) >= 11 is 0. The second kappa shape index (κ2) is 12.2. The van der Waals surface area contributed by atoms with Crippen molar-refractivity contribution >= 4 is 82.1 Å². The molecule has 0 N–H and O–H groups in total. The lowest BCUT2D eigenvalue weighted by atomic mass is 9.90. The molecule has 11 rings (SSSR count). The molecule has 11 aromatic rings. The summed E-state index contributed by atoms with van der Waals surface area (Å²) in [5.41, 5.74) is 9.93. The van der Waals surface area contributed by atoms with Gasteiger partial charge in [-0.1, -0.05) is 140 Å². The van der Waals surface area contributed by atoms with Crippen LogP contribution < -0.4 is 4.90 Å². The summed E-state index contributed by atoms with van der Waals surface area (Å²) in [5.74, 6) is 0. The second-order valence-electron chi connectivity index (χ2n) is 14.1. The summed E-state index contributed by atoms with van der Waals surface area (Å²) in [6, 6.07) is 72.5. The van der Waals surface area contributed by atoms with Crippen LogP contribution in [0.4, 0.5) is 17.1 Å². The van der Waals surface area contributed by atoms with Crippen LogP contribution in [-0.4, -0.2) is 0 Å². The maximum absolute atomic E-state index is 6.27. The third-order valence-corrected chi connectivity index (χ3v) is 11.0. The molecule has 0 aliphatic carbocycles. The van der Waals surface area contributed by atoms with E-state index >= 15 is 0 Å². The Hall–Kier alpha value is -7.16. The largest absolute Gasteiger partial charge is 0.456 e. The first-order valence-electron chi connectivity index (χ1n) is 18.5. The van der Waals surface area contributed by atoms with Crippen molar-refractivity contribution in [1.29, 1.82) is 0 Å². The SMILES string of the molecule is c1ccc(-c2ccc(N(c3ccc4cc5oc6ccccc6c5cc4c3)c3cc(-c4cc5ccccc5c5ccccc45)c4ccccc4c3)cc2)cc1. The van der Waals surface area contributed by atoms with Crippen LogP contribution in [0.3, 0.4) is 0 Å². The molecule has 0 saturated carbocycles. The Kier molecular flexibility index (Phi) is 6.90. The molecular weight excluding hydrogens is 655 g/mol. The molecule has 0 aliphatic rings. The minimum atomic E-state index is 0.909. The number of rotatable bonds is 5. The van der Waals surface area contributed by atoms with Gasteiger partial charge in [0.25, 0.3) is 0 Å². The molecule has 0 aliphatic heterocycles. The summed E-state index contributed by atoms with van der Waals surface area (Å²) in [6.45, 7) is 0. The van der Waals surface area contributed by atoms with Crippen molar-refractivity contribution in [3.05, 3.63) is 200 Å². The second-order valence-corrected chi connectivity index (χ2v) is 14.1. The third-order valence-electron chi connectivity index (χ3n) is 11.0. The molecule has 54 heavy (non-hydrogen) atoms. The van der Waals surface area contributed by atoms with Gasteiger partial charge in [0.1, 0.15) is 11.2 Å². The van der Waals surface area contributed by atoms with E-state index in [0.29, 0.717) is 0 Å². The van der Waals surface area contributed by atoms with E-state index in [1.54, 1.807) is 0 Å². The quantitative estimate of drug-likeness (QED) is 0.168. The van der Waals surface area contributed by atoms with E-state index in [9.17, 15) is 0 Å². The zero-order valence-electron chi connectivity index (χ0n) is 29.4.